The van der Waals surface area contributed by atoms with Crippen molar-refractivity contribution in [3.8, 4) is 11.3 Å². The minimum atomic E-state index is -0.396. The van der Waals surface area contributed by atoms with Crippen LogP contribution in [0.3, 0.4) is 0 Å². The number of aromatic nitrogens is 2. The molecular formula is C19H22N4O3. The molecule has 0 N–H and O–H groups in total. The number of nitrogens with zero attached hydrogens (tertiary/aromatic N) is 4. The Kier molecular flexibility index (Phi) is 4.36. The number of hydrogen-bond acceptors (Lipinski definition) is 4. The van der Waals surface area contributed by atoms with Gasteiger partial charge in [0.15, 0.2) is 0 Å². The van der Waals surface area contributed by atoms with Crippen LogP contribution in [-0.2, 0) is 29.4 Å². The van der Waals surface area contributed by atoms with Gasteiger partial charge in [-0.1, -0.05) is 30.3 Å². The van der Waals surface area contributed by atoms with Gasteiger partial charge in [-0.2, -0.15) is 5.10 Å². The summed E-state index contributed by atoms with van der Waals surface area (Å²) in [5.74, 6) is -0.0223. The molecule has 7 heteroatoms. The second-order valence-electron chi connectivity index (χ2n) is 6.68. The van der Waals surface area contributed by atoms with Crippen molar-refractivity contribution >= 4 is 12.0 Å². The lowest BCUT2D eigenvalue weighted by atomic mass is 10.0. The Hall–Kier alpha value is -2.83. The molecule has 1 saturated heterocycles. The highest BCUT2D eigenvalue weighted by atomic mass is 16.6. The molecule has 0 radical (unpaired) electrons. The van der Waals surface area contributed by atoms with Crippen LogP contribution in [0.4, 0.5) is 4.79 Å². The van der Waals surface area contributed by atoms with E-state index in [1.165, 1.54) is 16.2 Å². The Morgan fingerprint density at radius 2 is 1.92 bits per heavy atom. The van der Waals surface area contributed by atoms with Crippen LogP contribution in [0.2, 0.25) is 0 Å². The van der Waals surface area contributed by atoms with E-state index in [0.717, 1.165) is 24.1 Å². The van der Waals surface area contributed by atoms with Crippen molar-refractivity contribution in [1.29, 1.82) is 0 Å². The standard InChI is InChI=1S/C19H22N4O3/c1-21-16-8-10-22(17(24)13-23-11-12-26-19(23)25)9-7-15(16)18(20-21)14-5-3-2-4-6-14/h2-6H,7-13H2,1H3. The first-order valence-corrected chi connectivity index (χ1v) is 8.93. The predicted octanol–water partition coefficient (Wildman–Crippen LogP) is 1.47. The Labute approximate surface area is 152 Å². The fourth-order valence-corrected chi connectivity index (χ4v) is 3.69. The first-order chi connectivity index (χ1) is 12.6. The maximum atomic E-state index is 12.6. The van der Waals surface area contributed by atoms with E-state index in [4.69, 9.17) is 9.84 Å². The highest BCUT2D eigenvalue weighted by Crippen LogP contribution is 2.28. The first kappa shape index (κ1) is 16.6. The van der Waals surface area contributed by atoms with Crippen LogP contribution in [-0.4, -0.2) is 64.4 Å². The van der Waals surface area contributed by atoms with Crippen LogP contribution in [0.25, 0.3) is 11.3 Å². The van der Waals surface area contributed by atoms with E-state index in [2.05, 4.69) is 12.1 Å². The summed E-state index contributed by atoms with van der Waals surface area (Å²) in [6.07, 6.45) is 1.14. The quantitative estimate of drug-likeness (QED) is 0.837. The number of rotatable bonds is 3. The Morgan fingerprint density at radius 3 is 2.65 bits per heavy atom. The van der Waals surface area contributed by atoms with Crippen LogP contribution < -0.4 is 0 Å². The molecule has 0 aliphatic carbocycles. The topological polar surface area (TPSA) is 67.7 Å². The molecule has 2 aliphatic heterocycles. The van der Waals surface area contributed by atoms with Gasteiger partial charge in [-0.3, -0.25) is 14.4 Å². The Morgan fingerprint density at radius 1 is 1.15 bits per heavy atom. The fraction of sp³-hybridized carbons (Fsp3) is 0.421. The minimum Gasteiger partial charge on any atom is -0.448 e. The molecule has 0 atom stereocenters. The van der Waals surface area contributed by atoms with Crippen molar-refractivity contribution < 1.29 is 14.3 Å². The SMILES string of the molecule is Cn1nc(-c2ccccc2)c2c1CCN(C(=O)CN1CCOC1=O)CC2. The maximum absolute atomic E-state index is 12.6. The third-order valence-electron chi connectivity index (χ3n) is 5.10. The lowest BCUT2D eigenvalue weighted by molar-refractivity contribution is -0.131. The average Bonchev–Trinajstić information content (AvgIpc) is 3.10. The van der Waals surface area contributed by atoms with E-state index in [0.29, 0.717) is 26.2 Å². The number of amides is 2. The van der Waals surface area contributed by atoms with Gasteiger partial charge in [-0.25, -0.2) is 4.79 Å². The molecule has 0 saturated carbocycles. The van der Waals surface area contributed by atoms with Crippen molar-refractivity contribution in [3.05, 3.63) is 41.6 Å². The van der Waals surface area contributed by atoms with Crippen molar-refractivity contribution in [2.24, 2.45) is 7.05 Å². The van der Waals surface area contributed by atoms with Crippen molar-refractivity contribution in [2.45, 2.75) is 12.8 Å². The molecule has 3 heterocycles. The van der Waals surface area contributed by atoms with Crippen LogP contribution in [0.15, 0.2) is 30.3 Å². The van der Waals surface area contributed by atoms with E-state index in [-0.39, 0.29) is 12.5 Å². The van der Waals surface area contributed by atoms with Gasteiger partial charge >= 0.3 is 6.09 Å². The van der Waals surface area contributed by atoms with Crippen LogP contribution in [0.1, 0.15) is 11.3 Å². The summed E-state index contributed by atoms with van der Waals surface area (Å²) in [7, 11) is 1.96. The molecule has 7 nitrogen and oxygen atoms in total. The van der Waals surface area contributed by atoms with Crippen LogP contribution >= 0.6 is 0 Å². The molecule has 1 fully saturated rings. The lowest BCUT2D eigenvalue weighted by Gasteiger charge is -2.23. The van der Waals surface area contributed by atoms with Gasteiger partial charge in [0, 0.05) is 43.4 Å². The van der Waals surface area contributed by atoms with Crippen LogP contribution in [0.5, 0.6) is 0 Å². The lowest BCUT2D eigenvalue weighted by Crippen LogP contribution is -2.42. The normalized spacial score (nSPS) is 17.0. The monoisotopic (exact) mass is 354 g/mol. The van der Waals surface area contributed by atoms with Gasteiger partial charge in [0.2, 0.25) is 5.91 Å². The zero-order valence-corrected chi connectivity index (χ0v) is 14.9. The molecule has 0 unspecified atom stereocenters. The zero-order valence-electron chi connectivity index (χ0n) is 14.9. The number of ether oxygens (including phenoxy) is 1. The van der Waals surface area contributed by atoms with Gasteiger partial charge < -0.3 is 9.64 Å². The van der Waals surface area contributed by atoms with Crippen LogP contribution in [0, 0.1) is 0 Å². The second kappa shape index (κ2) is 6.82. The number of fused-ring (bicyclic) bond motifs is 1. The number of hydrogen-bond donors (Lipinski definition) is 0. The fourth-order valence-electron chi connectivity index (χ4n) is 3.69. The largest absolute Gasteiger partial charge is 0.448 e. The number of cyclic esters (lactones) is 1. The third kappa shape index (κ3) is 3.05. The molecule has 2 amide bonds. The molecule has 2 aliphatic rings. The number of benzene rings is 1. The number of carbonyl (C=O) groups is 2. The summed E-state index contributed by atoms with van der Waals surface area (Å²) in [6.45, 7) is 2.23. The summed E-state index contributed by atoms with van der Waals surface area (Å²) in [4.78, 5) is 27.5. The third-order valence-corrected chi connectivity index (χ3v) is 5.10. The van der Waals surface area contributed by atoms with Gasteiger partial charge in [0.1, 0.15) is 13.2 Å². The van der Waals surface area contributed by atoms with E-state index in [9.17, 15) is 9.59 Å². The summed E-state index contributed by atoms with van der Waals surface area (Å²) in [5, 5.41) is 4.71. The molecule has 136 valence electrons. The molecular weight excluding hydrogens is 332 g/mol. The second-order valence-corrected chi connectivity index (χ2v) is 6.68. The molecule has 2 aromatic rings. The van der Waals surface area contributed by atoms with Gasteiger partial charge in [0.05, 0.1) is 12.2 Å². The van der Waals surface area contributed by atoms with Gasteiger partial charge in [-0.05, 0) is 6.42 Å². The van der Waals surface area contributed by atoms with Crippen molar-refractivity contribution in [1.82, 2.24) is 19.6 Å². The van der Waals surface area contributed by atoms with E-state index < -0.39 is 6.09 Å². The molecule has 1 aromatic carbocycles. The van der Waals surface area contributed by atoms with Crippen molar-refractivity contribution in [3.63, 3.8) is 0 Å². The molecule has 1 aromatic heterocycles. The zero-order chi connectivity index (χ0) is 18.1. The maximum Gasteiger partial charge on any atom is 0.410 e. The highest BCUT2D eigenvalue weighted by Gasteiger charge is 2.28. The van der Waals surface area contributed by atoms with E-state index in [1.54, 1.807) is 0 Å². The summed E-state index contributed by atoms with van der Waals surface area (Å²) in [6, 6.07) is 10.1. The average molecular weight is 354 g/mol. The van der Waals surface area contributed by atoms with Crippen molar-refractivity contribution in [2.75, 3.05) is 32.8 Å². The number of aryl methyl sites for hydroxylation is 1. The highest BCUT2D eigenvalue weighted by molar-refractivity contribution is 5.83. The van der Waals surface area contributed by atoms with Gasteiger partial charge in [-0.15, -0.1) is 0 Å². The molecule has 0 bridgehead atoms. The molecule has 26 heavy (non-hydrogen) atoms. The summed E-state index contributed by atoms with van der Waals surface area (Å²) < 4.78 is 6.84. The first-order valence-electron chi connectivity index (χ1n) is 8.93. The molecule has 4 rings (SSSR count). The smallest absolute Gasteiger partial charge is 0.410 e. The summed E-state index contributed by atoms with van der Waals surface area (Å²) >= 11 is 0. The Balaban J connectivity index is 1.51. The predicted molar refractivity (Wildman–Crippen MR) is 95.6 cm³/mol. The van der Waals surface area contributed by atoms with E-state index in [1.807, 2.05) is 34.8 Å². The van der Waals surface area contributed by atoms with E-state index >= 15 is 0 Å². The van der Waals surface area contributed by atoms with Gasteiger partial charge in [0.25, 0.3) is 0 Å². The molecule has 0 spiro atoms. The summed E-state index contributed by atoms with van der Waals surface area (Å²) in [5.41, 5.74) is 4.50. The minimum absolute atomic E-state index is 0.0223. The Bertz CT molecular complexity index is 831. The number of carbonyl (C=O) groups excluding carboxylic acids is 2.